The molecule has 1 aliphatic heterocycles. The van der Waals surface area contributed by atoms with Crippen LogP contribution in [0, 0.1) is 11.3 Å². The van der Waals surface area contributed by atoms with Gasteiger partial charge in [-0.25, -0.2) is 4.52 Å². The molecule has 0 N–H and O–H groups in total. The summed E-state index contributed by atoms with van der Waals surface area (Å²) in [5.41, 5.74) is 5.46. The number of anilines is 1. The number of pyridine rings is 1. The van der Waals surface area contributed by atoms with Gasteiger partial charge in [-0.05, 0) is 29.8 Å². The Hall–Kier alpha value is -4.38. The van der Waals surface area contributed by atoms with Gasteiger partial charge < -0.3 is 9.64 Å². The average Bonchev–Trinajstić information content (AvgIpc) is 3.43. The first-order valence-corrected chi connectivity index (χ1v) is 9.70. The van der Waals surface area contributed by atoms with E-state index in [9.17, 15) is 10.1 Å². The molecule has 0 fully saturated rings. The smallest absolute Gasteiger partial charge is 0.250 e. The fraction of sp³-hybridized carbons (Fsp3) is 0.130. The Kier molecular flexibility index (Phi) is 4.30. The molecular weight excluding hydrogens is 392 g/mol. The molecule has 0 atom stereocenters. The van der Waals surface area contributed by atoms with Gasteiger partial charge in [0.2, 0.25) is 0 Å². The van der Waals surface area contributed by atoms with Gasteiger partial charge in [-0.2, -0.15) is 15.5 Å². The topological polar surface area (TPSA) is 88.5 Å². The Morgan fingerprint density at radius 2 is 2.06 bits per heavy atom. The van der Waals surface area contributed by atoms with Crippen LogP contribution in [0.25, 0.3) is 27.8 Å². The number of rotatable bonds is 3. The van der Waals surface area contributed by atoms with Crippen LogP contribution in [0.3, 0.4) is 0 Å². The number of nitrogens with zero attached hydrogens (tertiary/aromatic N) is 6. The molecule has 3 aromatic heterocycles. The van der Waals surface area contributed by atoms with Crippen LogP contribution in [0.2, 0.25) is 0 Å². The minimum absolute atomic E-state index is 0.166. The summed E-state index contributed by atoms with van der Waals surface area (Å²) in [4.78, 5) is 13.9. The second-order valence-corrected chi connectivity index (χ2v) is 7.23. The molecule has 0 radical (unpaired) electrons. The Bertz CT molecular complexity index is 1390. The number of aromatic nitrogens is 4. The van der Waals surface area contributed by atoms with E-state index in [0.717, 1.165) is 22.3 Å². The quantitative estimate of drug-likeness (QED) is 0.484. The van der Waals surface area contributed by atoms with Crippen molar-refractivity contribution >= 4 is 17.1 Å². The molecule has 0 unspecified atom stereocenters. The molecule has 0 saturated carbocycles. The van der Waals surface area contributed by atoms with E-state index in [1.807, 2.05) is 43.7 Å². The van der Waals surface area contributed by atoms with Crippen LogP contribution < -0.4 is 9.64 Å². The second kappa shape index (κ2) is 7.15. The van der Waals surface area contributed by atoms with Gasteiger partial charge in [0.1, 0.15) is 18.4 Å². The maximum absolute atomic E-state index is 12.2. The molecule has 5 rings (SSSR count). The highest BCUT2D eigenvalue weighted by Gasteiger charge is 2.23. The number of carbonyl (C=O) groups is 1. The van der Waals surface area contributed by atoms with Crippen molar-refractivity contribution in [2.24, 2.45) is 7.05 Å². The number of nitriles is 1. The van der Waals surface area contributed by atoms with E-state index in [4.69, 9.17) is 4.74 Å². The van der Waals surface area contributed by atoms with Crippen LogP contribution in [0.15, 0.2) is 61.7 Å². The maximum Gasteiger partial charge on any atom is 0.250 e. The van der Waals surface area contributed by atoms with Gasteiger partial charge in [0.05, 0.1) is 35.7 Å². The molecule has 0 aliphatic carbocycles. The predicted octanol–water partition coefficient (Wildman–Crippen LogP) is 3.18. The summed E-state index contributed by atoms with van der Waals surface area (Å²) in [6, 6.07) is 9.92. The Morgan fingerprint density at radius 1 is 1.19 bits per heavy atom. The molecular formula is C23H18N6O2. The Labute approximate surface area is 178 Å². The van der Waals surface area contributed by atoms with E-state index in [0.29, 0.717) is 35.7 Å². The van der Waals surface area contributed by atoms with E-state index < -0.39 is 0 Å². The van der Waals surface area contributed by atoms with E-state index in [2.05, 4.69) is 22.8 Å². The average molecular weight is 410 g/mol. The predicted molar refractivity (Wildman–Crippen MR) is 116 cm³/mol. The highest BCUT2D eigenvalue weighted by atomic mass is 16.5. The summed E-state index contributed by atoms with van der Waals surface area (Å²) in [5, 5.41) is 18.2. The third kappa shape index (κ3) is 3.04. The van der Waals surface area contributed by atoms with Crippen LogP contribution in [-0.2, 0) is 11.8 Å². The molecule has 0 saturated heterocycles. The molecule has 8 nitrogen and oxygen atoms in total. The largest absolute Gasteiger partial charge is 0.490 e. The van der Waals surface area contributed by atoms with Crippen molar-refractivity contribution < 1.29 is 9.53 Å². The molecule has 4 aromatic rings. The van der Waals surface area contributed by atoms with Crippen molar-refractivity contribution in [1.82, 2.24) is 19.4 Å². The first kappa shape index (κ1) is 18.6. The van der Waals surface area contributed by atoms with Crippen molar-refractivity contribution in [3.8, 4) is 34.1 Å². The molecule has 1 aliphatic rings. The van der Waals surface area contributed by atoms with Crippen LogP contribution in [0.5, 0.6) is 5.75 Å². The molecule has 1 aromatic carbocycles. The fourth-order valence-corrected chi connectivity index (χ4v) is 3.88. The van der Waals surface area contributed by atoms with Crippen LogP contribution in [0.1, 0.15) is 5.56 Å². The van der Waals surface area contributed by atoms with Crippen LogP contribution in [0.4, 0.5) is 5.69 Å². The van der Waals surface area contributed by atoms with Gasteiger partial charge >= 0.3 is 0 Å². The summed E-state index contributed by atoms with van der Waals surface area (Å²) < 4.78 is 9.30. The molecule has 4 heterocycles. The number of carbonyl (C=O) groups excluding carboxylic acids is 1. The second-order valence-electron chi connectivity index (χ2n) is 7.23. The summed E-state index contributed by atoms with van der Waals surface area (Å²) in [6.07, 6.45) is 8.46. The summed E-state index contributed by atoms with van der Waals surface area (Å²) in [7, 11) is 1.86. The number of benzene rings is 1. The van der Waals surface area contributed by atoms with Crippen molar-refractivity contribution in [3.63, 3.8) is 0 Å². The lowest BCUT2D eigenvalue weighted by atomic mass is 9.99. The van der Waals surface area contributed by atoms with Gasteiger partial charge in [0.15, 0.2) is 0 Å². The van der Waals surface area contributed by atoms with Gasteiger partial charge in [-0.3, -0.25) is 9.48 Å². The zero-order chi connectivity index (χ0) is 21.5. The van der Waals surface area contributed by atoms with E-state index in [1.165, 1.54) is 6.08 Å². The Balaban J connectivity index is 1.71. The third-order valence-electron chi connectivity index (χ3n) is 5.35. The minimum atomic E-state index is -0.166. The summed E-state index contributed by atoms with van der Waals surface area (Å²) >= 11 is 0. The SMILES string of the molecule is C=CC(=O)N1CCOc2cc(-c3cc(-c4cnn(C)c4)cn4ncc(C#N)c34)ccc21. The highest BCUT2D eigenvalue weighted by Crippen LogP contribution is 2.38. The molecule has 152 valence electrons. The first-order valence-electron chi connectivity index (χ1n) is 9.70. The van der Waals surface area contributed by atoms with Gasteiger partial charge in [0, 0.05) is 36.1 Å². The zero-order valence-corrected chi connectivity index (χ0v) is 16.8. The molecule has 0 spiro atoms. The van der Waals surface area contributed by atoms with Crippen molar-refractivity contribution in [3.05, 3.63) is 67.3 Å². The van der Waals surface area contributed by atoms with Gasteiger partial charge in [-0.1, -0.05) is 12.6 Å². The lowest BCUT2D eigenvalue weighted by Crippen LogP contribution is -2.36. The number of aryl methyl sites for hydroxylation is 1. The standard InChI is InChI=1S/C23H18N6O2/c1-3-22(30)28-6-7-31-21-9-15(4-5-20(21)28)19-8-16(18-12-25-27(2)13-18)14-29-23(19)17(10-24)11-26-29/h3-5,8-9,11-14H,1,6-7H2,2H3. The summed E-state index contributed by atoms with van der Waals surface area (Å²) in [5.74, 6) is 0.447. The number of ether oxygens (including phenoxy) is 1. The number of hydrogen-bond acceptors (Lipinski definition) is 5. The van der Waals surface area contributed by atoms with Crippen molar-refractivity contribution in [1.29, 1.82) is 5.26 Å². The fourth-order valence-electron chi connectivity index (χ4n) is 3.88. The van der Waals surface area contributed by atoms with Gasteiger partial charge in [0.25, 0.3) is 5.91 Å². The van der Waals surface area contributed by atoms with Gasteiger partial charge in [-0.15, -0.1) is 0 Å². The third-order valence-corrected chi connectivity index (χ3v) is 5.35. The molecule has 0 bridgehead atoms. The summed E-state index contributed by atoms with van der Waals surface area (Å²) in [6.45, 7) is 4.45. The van der Waals surface area contributed by atoms with E-state index in [-0.39, 0.29) is 5.91 Å². The molecule has 8 heteroatoms. The number of hydrogen-bond donors (Lipinski definition) is 0. The van der Waals surface area contributed by atoms with E-state index in [1.54, 1.807) is 26.5 Å². The molecule has 31 heavy (non-hydrogen) atoms. The normalized spacial score (nSPS) is 12.8. The van der Waals surface area contributed by atoms with Crippen molar-refractivity contribution in [2.75, 3.05) is 18.1 Å². The van der Waals surface area contributed by atoms with Crippen LogP contribution >= 0.6 is 0 Å². The van der Waals surface area contributed by atoms with E-state index >= 15 is 0 Å². The van der Waals surface area contributed by atoms with Crippen molar-refractivity contribution in [2.45, 2.75) is 0 Å². The lowest BCUT2D eigenvalue weighted by molar-refractivity contribution is -0.114. The zero-order valence-electron chi connectivity index (χ0n) is 16.8. The monoisotopic (exact) mass is 410 g/mol. The first-order chi connectivity index (χ1) is 15.1. The molecule has 1 amide bonds. The number of fused-ring (bicyclic) bond motifs is 2. The van der Waals surface area contributed by atoms with Crippen LogP contribution in [-0.4, -0.2) is 38.5 Å². The lowest BCUT2D eigenvalue weighted by Gasteiger charge is -2.29. The number of amides is 1. The minimum Gasteiger partial charge on any atom is -0.490 e. The highest BCUT2D eigenvalue weighted by molar-refractivity contribution is 6.03. The Morgan fingerprint density at radius 3 is 2.81 bits per heavy atom. The maximum atomic E-state index is 12.2.